The number of benzene rings is 1. The van der Waals surface area contributed by atoms with Crippen LogP contribution < -0.4 is 5.32 Å². The molecule has 8 nitrogen and oxygen atoms in total. The Morgan fingerprint density at radius 3 is 3.00 bits per heavy atom. The first kappa shape index (κ1) is 16.3. The maximum absolute atomic E-state index is 9.35. The maximum Gasteiger partial charge on any atom is 0.221 e. The first-order chi connectivity index (χ1) is 12.8. The Kier molecular flexibility index (Phi) is 4.40. The summed E-state index contributed by atoms with van der Waals surface area (Å²) in [6.07, 6.45) is 4.19. The minimum Gasteiger partial charge on any atom is -0.394 e. The number of hydrogen-bond acceptors (Lipinski definition) is 7. The fourth-order valence-corrected chi connectivity index (χ4v) is 2.81. The van der Waals surface area contributed by atoms with Crippen molar-refractivity contribution in [1.29, 1.82) is 0 Å². The van der Waals surface area contributed by atoms with Crippen molar-refractivity contribution in [2.45, 2.75) is 25.9 Å². The molecule has 3 heterocycles. The number of anilines is 1. The van der Waals surface area contributed by atoms with Crippen LogP contribution in [0, 0.1) is 0 Å². The molecule has 132 valence electrons. The van der Waals surface area contributed by atoms with Crippen LogP contribution in [0.1, 0.15) is 18.9 Å². The molecule has 0 fully saturated rings. The predicted molar refractivity (Wildman–Crippen MR) is 98.8 cm³/mol. The first-order valence-corrected chi connectivity index (χ1v) is 8.54. The zero-order valence-electron chi connectivity index (χ0n) is 14.4. The van der Waals surface area contributed by atoms with Crippen molar-refractivity contribution in [1.82, 2.24) is 29.9 Å². The largest absolute Gasteiger partial charge is 0.394 e. The van der Waals surface area contributed by atoms with Gasteiger partial charge in [-0.1, -0.05) is 24.3 Å². The molecular weight excluding hydrogens is 330 g/mol. The lowest BCUT2D eigenvalue weighted by Crippen LogP contribution is -2.23. The Bertz CT molecular complexity index is 1040. The van der Waals surface area contributed by atoms with Crippen molar-refractivity contribution in [2.75, 3.05) is 11.9 Å². The lowest BCUT2D eigenvalue weighted by Gasteiger charge is -2.14. The summed E-state index contributed by atoms with van der Waals surface area (Å²) in [6, 6.07) is 10.0. The van der Waals surface area contributed by atoms with E-state index in [0.29, 0.717) is 23.7 Å². The summed E-state index contributed by atoms with van der Waals surface area (Å²) in [5.41, 5.74) is 3.14. The van der Waals surface area contributed by atoms with Gasteiger partial charge in [0, 0.05) is 11.6 Å². The molecule has 0 aliphatic carbocycles. The van der Waals surface area contributed by atoms with E-state index in [0.717, 1.165) is 22.9 Å². The standard InChI is InChI=1S/C18H19N7O/c1-2-14(11-26)21-16-9-20-17-18(22-16)25(24-23-17)10-12-5-6-15-13(8-12)4-3-7-19-15/h3-9,14,26H,2,10-11H2,1H3,(H,21,22). The van der Waals surface area contributed by atoms with Gasteiger partial charge < -0.3 is 10.4 Å². The van der Waals surface area contributed by atoms with Gasteiger partial charge >= 0.3 is 0 Å². The van der Waals surface area contributed by atoms with E-state index in [1.165, 1.54) is 0 Å². The summed E-state index contributed by atoms with van der Waals surface area (Å²) < 4.78 is 1.73. The second-order valence-electron chi connectivity index (χ2n) is 6.11. The Morgan fingerprint density at radius 1 is 1.23 bits per heavy atom. The van der Waals surface area contributed by atoms with E-state index in [-0.39, 0.29) is 12.6 Å². The van der Waals surface area contributed by atoms with Crippen LogP contribution in [0.5, 0.6) is 0 Å². The molecular formula is C18H19N7O. The van der Waals surface area contributed by atoms with Crippen LogP contribution >= 0.6 is 0 Å². The topological polar surface area (TPSA) is 102 Å². The summed E-state index contributed by atoms with van der Waals surface area (Å²) in [4.78, 5) is 13.2. The van der Waals surface area contributed by atoms with E-state index in [9.17, 15) is 5.11 Å². The number of nitrogens with zero attached hydrogens (tertiary/aromatic N) is 6. The van der Waals surface area contributed by atoms with E-state index in [1.54, 1.807) is 17.1 Å². The highest BCUT2D eigenvalue weighted by Crippen LogP contribution is 2.16. The molecule has 2 N–H and O–H groups in total. The van der Waals surface area contributed by atoms with Crippen molar-refractivity contribution in [2.24, 2.45) is 0 Å². The molecule has 1 atom stereocenters. The second-order valence-corrected chi connectivity index (χ2v) is 6.11. The summed E-state index contributed by atoms with van der Waals surface area (Å²) in [7, 11) is 0. The molecule has 0 aliphatic heterocycles. The number of aromatic nitrogens is 6. The maximum atomic E-state index is 9.35. The fourth-order valence-electron chi connectivity index (χ4n) is 2.81. The van der Waals surface area contributed by atoms with Crippen LogP contribution in [-0.2, 0) is 6.54 Å². The molecule has 0 saturated heterocycles. The van der Waals surface area contributed by atoms with Gasteiger partial charge in [0.25, 0.3) is 0 Å². The van der Waals surface area contributed by atoms with Crippen LogP contribution in [-0.4, -0.2) is 47.7 Å². The average Bonchev–Trinajstić information content (AvgIpc) is 3.08. The number of pyridine rings is 1. The van der Waals surface area contributed by atoms with E-state index < -0.39 is 0 Å². The number of fused-ring (bicyclic) bond motifs is 2. The Labute approximate surface area is 149 Å². The molecule has 1 aromatic carbocycles. The smallest absolute Gasteiger partial charge is 0.221 e. The van der Waals surface area contributed by atoms with Crippen molar-refractivity contribution in [3.63, 3.8) is 0 Å². The lowest BCUT2D eigenvalue weighted by atomic mass is 10.1. The third-order valence-electron chi connectivity index (χ3n) is 4.29. The van der Waals surface area contributed by atoms with Gasteiger partial charge in [-0.3, -0.25) is 4.98 Å². The highest BCUT2D eigenvalue weighted by atomic mass is 16.3. The second kappa shape index (κ2) is 7.01. The van der Waals surface area contributed by atoms with E-state index in [1.807, 2.05) is 31.2 Å². The van der Waals surface area contributed by atoms with Gasteiger partial charge in [0.1, 0.15) is 5.82 Å². The Hall–Kier alpha value is -3.13. The van der Waals surface area contributed by atoms with Crippen molar-refractivity contribution < 1.29 is 5.11 Å². The van der Waals surface area contributed by atoms with Crippen LogP contribution in [0.3, 0.4) is 0 Å². The third kappa shape index (κ3) is 3.18. The molecule has 8 heteroatoms. The van der Waals surface area contributed by atoms with Crippen LogP contribution in [0.25, 0.3) is 22.2 Å². The molecule has 0 aliphatic rings. The summed E-state index contributed by atoms with van der Waals surface area (Å²) >= 11 is 0. The molecule has 0 saturated carbocycles. The molecule has 0 amide bonds. The highest BCUT2D eigenvalue weighted by Gasteiger charge is 2.11. The molecule has 3 aromatic heterocycles. The molecule has 4 aromatic rings. The summed E-state index contributed by atoms with van der Waals surface area (Å²) in [6.45, 7) is 2.58. The molecule has 1 unspecified atom stereocenters. The van der Waals surface area contributed by atoms with Gasteiger partial charge in [-0.25, -0.2) is 14.6 Å². The fraction of sp³-hybridized carbons (Fsp3) is 0.278. The average molecular weight is 349 g/mol. The minimum atomic E-state index is -0.0564. The van der Waals surface area contributed by atoms with Gasteiger partial charge in [0.05, 0.1) is 30.9 Å². The third-order valence-corrected chi connectivity index (χ3v) is 4.29. The quantitative estimate of drug-likeness (QED) is 0.549. The Balaban J connectivity index is 1.64. The van der Waals surface area contributed by atoms with Gasteiger partial charge in [-0.05, 0) is 30.2 Å². The zero-order valence-corrected chi connectivity index (χ0v) is 14.4. The normalized spacial score (nSPS) is 12.5. The number of nitrogens with one attached hydrogen (secondary N) is 1. The van der Waals surface area contributed by atoms with Gasteiger partial charge in [-0.2, -0.15) is 0 Å². The summed E-state index contributed by atoms with van der Waals surface area (Å²) in [5.74, 6) is 0.602. The predicted octanol–water partition coefficient (Wildman–Crippen LogP) is 2.00. The van der Waals surface area contributed by atoms with Gasteiger partial charge in [0.2, 0.25) is 5.65 Å². The first-order valence-electron chi connectivity index (χ1n) is 8.54. The molecule has 0 spiro atoms. The van der Waals surface area contributed by atoms with Gasteiger partial charge in [-0.15, -0.1) is 5.10 Å². The number of hydrogen-bond donors (Lipinski definition) is 2. The van der Waals surface area contributed by atoms with Crippen LogP contribution in [0.4, 0.5) is 5.82 Å². The number of aliphatic hydroxyl groups excluding tert-OH is 1. The lowest BCUT2D eigenvalue weighted by molar-refractivity contribution is 0.271. The van der Waals surface area contributed by atoms with Crippen molar-refractivity contribution in [3.8, 4) is 0 Å². The van der Waals surface area contributed by atoms with E-state index >= 15 is 0 Å². The van der Waals surface area contributed by atoms with Crippen molar-refractivity contribution in [3.05, 3.63) is 48.3 Å². The zero-order chi connectivity index (χ0) is 17.9. The van der Waals surface area contributed by atoms with E-state index in [2.05, 4.69) is 36.6 Å². The van der Waals surface area contributed by atoms with Gasteiger partial charge in [0.15, 0.2) is 5.65 Å². The monoisotopic (exact) mass is 349 g/mol. The SMILES string of the molecule is CCC(CO)Nc1cnc2nnn(Cc3ccc4ncccc4c3)c2n1. The van der Waals surface area contributed by atoms with Crippen LogP contribution in [0.2, 0.25) is 0 Å². The van der Waals surface area contributed by atoms with Crippen molar-refractivity contribution >= 4 is 28.0 Å². The Morgan fingerprint density at radius 2 is 2.15 bits per heavy atom. The van der Waals surface area contributed by atoms with Crippen LogP contribution in [0.15, 0.2) is 42.7 Å². The molecule has 0 radical (unpaired) electrons. The number of rotatable bonds is 6. The summed E-state index contributed by atoms with van der Waals surface area (Å²) in [5, 5.41) is 21.9. The van der Waals surface area contributed by atoms with E-state index in [4.69, 9.17) is 0 Å². The minimum absolute atomic E-state index is 0.0405. The molecule has 0 bridgehead atoms. The molecule has 26 heavy (non-hydrogen) atoms. The number of aliphatic hydroxyl groups is 1. The molecule has 4 rings (SSSR count). The highest BCUT2D eigenvalue weighted by molar-refractivity contribution is 5.79.